The summed E-state index contributed by atoms with van der Waals surface area (Å²) in [5.74, 6) is 0.885. The van der Waals surface area contributed by atoms with Gasteiger partial charge in [-0.2, -0.15) is 0 Å². The lowest BCUT2D eigenvalue weighted by molar-refractivity contribution is -0.120. The van der Waals surface area contributed by atoms with Gasteiger partial charge in [0.05, 0.1) is 11.1 Å². The van der Waals surface area contributed by atoms with Gasteiger partial charge in [-0.25, -0.2) is 4.98 Å². The zero-order valence-electron chi connectivity index (χ0n) is 13.8. The van der Waals surface area contributed by atoms with E-state index in [0.29, 0.717) is 10.9 Å². The summed E-state index contributed by atoms with van der Waals surface area (Å²) in [6.45, 7) is 0. The summed E-state index contributed by atoms with van der Waals surface area (Å²) in [6.07, 6.45) is 10.6. The first kappa shape index (κ1) is 16.0. The van der Waals surface area contributed by atoms with E-state index in [1.165, 1.54) is 17.8 Å². The zero-order valence-corrected chi connectivity index (χ0v) is 14.6. The topological polar surface area (TPSA) is 68.0 Å². The number of carbonyl (C=O) groups is 1. The molecular formula is C19H19N3O2S. The molecule has 25 heavy (non-hydrogen) atoms. The summed E-state index contributed by atoms with van der Waals surface area (Å²) in [5, 5.41) is 3.63. The Morgan fingerprint density at radius 2 is 1.96 bits per heavy atom. The van der Waals surface area contributed by atoms with E-state index in [2.05, 4.69) is 15.3 Å². The van der Waals surface area contributed by atoms with Crippen molar-refractivity contribution in [3.63, 3.8) is 0 Å². The molecule has 1 aliphatic rings. The number of amides is 1. The van der Waals surface area contributed by atoms with Gasteiger partial charge in [0.1, 0.15) is 5.69 Å². The number of furan rings is 1. The van der Waals surface area contributed by atoms with Gasteiger partial charge in [-0.1, -0.05) is 30.6 Å². The van der Waals surface area contributed by atoms with Crippen LogP contribution < -0.4 is 5.32 Å². The molecule has 4 rings (SSSR count). The van der Waals surface area contributed by atoms with Crippen LogP contribution in [0.4, 0.5) is 5.13 Å². The van der Waals surface area contributed by atoms with Crippen molar-refractivity contribution in [3.8, 4) is 21.9 Å². The number of hydrogen-bond acceptors (Lipinski definition) is 5. The van der Waals surface area contributed by atoms with Gasteiger partial charge in [-0.05, 0) is 42.7 Å². The molecule has 0 spiro atoms. The highest BCUT2D eigenvalue weighted by Gasteiger charge is 2.23. The molecule has 128 valence electrons. The van der Waals surface area contributed by atoms with Crippen LogP contribution in [-0.4, -0.2) is 15.9 Å². The van der Waals surface area contributed by atoms with Gasteiger partial charge in [0.25, 0.3) is 0 Å². The first-order chi connectivity index (χ1) is 12.3. The highest BCUT2D eigenvalue weighted by molar-refractivity contribution is 7.19. The number of nitrogens with one attached hydrogen (secondary N) is 1. The number of thiazole rings is 1. The summed E-state index contributed by atoms with van der Waals surface area (Å²) < 4.78 is 5.53. The Bertz CT molecular complexity index is 837. The number of anilines is 1. The maximum atomic E-state index is 12.5. The van der Waals surface area contributed by atoms with Crippen molar-refractivity contribution in [2.24, 2.45) is 5.92 Å². The molecule has 5 nitrogen and oxygen atoms in total. The van der Waals surface area contributed by atoms with Crippen LogP contribution in [0.15, 0.2) is 47.3 Å². The normalized spacial score (nSPS) is 15.2. The predicted molar refractivity (Wildman–Crippen MR) is 98.3 cm³/mol. The lowest BCUT2D eigenvalue weighted by Crippen LogP contribution is -2.24. The molecule has 1 fully saturated rings. The van der Waals surface area contributed by atoms with Gasteiger partial charge >= 0.3 is 0 Å². The Morgan fingerprint density at radius 3 is 2.68 bits per heavy atom. The second-order valence-corrected chi connectivity index (χ2v) is 7.23. The largest absolute Gasteiger partial charge is 0.463 e. The van der Waals surface area contributed by atoms with Crippen molar-refractivity contribution in [3.05, 3.63) is 42.9 Å². The first-order valence-electron chi connectivity index (χ1n) is 8.57. The molecule has 0 saturated heterocycles. The Labute approximate surface area is 150 Å². The minimum atomic E-state index is 0.0840. The standard InChI is InChI=1S/C19H19N3O2S/c23-18(14-5-2-1-3-6-14)22-19-21-16(15-7-4-12-24-15)17(25-19)13-8-10-20-11-9-13/h4,7-12,14H,1-3,5-6H2,(H,21,22,23). The third-order valence-electron chi connectivity index (χ3n) is 4.53. The summed E-state index contributed by atoms with van der Waals surface area (Å²) >= 11 is 1.47. The molecule has 6 heteroatoms. The molecular weight excluding hydrogens is 334 g/mol. The van der Waals surface area contributed by atoms with Crippen molar-refractivity contribution >= 4 is 22.4 Å². The third kappa shape index (κ3) is 3.49. The molecule has 0 aliphatic heterocycles. The molecule has 0 unspecified atom stereocenters. The van der Waals surface area contributed by atoms with E-state index in [-0.39, 0.29) is 11.8 Å². The van der Waals surface area contributed by atoms with Crippen molar-refractivity contribution in [2.45, 2.75) is 32.1 Å². The Hall–Kier alpha value is -2.47. The van der Waals surface area contributed by atoms with Crippen molar-refractivity contribution < 1.29 is 9.21 Å². The van der Waals surface area contributed by atoms with Gasteiger partial charge in [-0.15, -0.1) is 0 Å². The summed E-state index contributed by atoms with van der Waals surface area (Å²) in [7, 11) is 0. The van der Waals surface area contributed by atoms with Crippen LogP contribution in [0.1, 0.15) is 32.1 Å². The smallest absolute Gasteiger partial charge is 0.229 e. The SMILES string of the molecule is O=C(Nc1nc(-c2ccco2)c(-c2ccncc2)s1)C1CCCCC1. The van der Waals surface area contributed by atoms with E-state index in [4.69, 9.17) is 4.42 Å². The lowest BCUT2D eigenvalue weighted by Gasteiger charge is -2.19. The van der Waals surface area contributed by atoms with Crippen LogP contribution >= 0.6 is 11.3 Å². The maximum Gasteiger partial charge on any atom is 0.229 e. The monoisotopic (exact) mass is 353 g/mol. The van der Waals surface area contributed by atoms with E-state index in [1.807, 2.05) is 24.3 Å². The molecule has 1 aliphatic carbocycles. The predicted octanol–water partition coefficient (Wildman–Crippen LogP) is 4.98. The minimum Gasteiger partial charge on any atom is -0.463 e. The average Bonchev–Trinajstić information content (AvgIpc) is 3.33. The van der Waals surface area contributed by atoms with Crippen LogP contribution in [0.25, 0.3) is 21.9 Å². The van der Waals surface area contributed by atoms with Crippen LogP contribution in [0.3, 0.4) is 0 Å². The molecule has 0 bridgehead atoms. The van der Waals surface area contributed by atoms with E-state index in [9.17, 15) is 4.79 Å². The highest BCUT2D eigenvalue weighted by Crippen LogP contribution is 2.39. The van der Waals surface area contributed by atoms with Crippen LogP contribution in [0, 0.1) is 5.92 Å². The number of hydrogen-bond donors (Lipinski definition) is 1. The second kappa shape index (κ2) is 7.19. The van der Waals surface area contributed by atoms with Gasteiger partial charge in [0, 0.05) is 18.3 Å². The van der Waals surface area contributed by atoms with E-state index >= 15 is 0 Å². The van der Waals surface area contributed by atoms with Crippen molar-refractivity contribution in [2.75, 3.05) is 5.32 Å². The minimum absolute atomic E-state index is 0.0840. The highest BCUT2D eigenvalue weighted by atomic mass is 32.1. The van der Waals surface area contributed by atoms with Crippen molar-refractivity contribution in [1.82, 2.24) is 9.97 Å². The fourth-order valence-corrected chi connectivity index (χ4v) is 4.20. The van der Waals surface area contributed by atoms with Crippen LogP contribution in [0.5, 0.6) is 0 Å². The lowest BCUT2D eigenvalue weighted by atomic mass is 9.89. The summed E-state index contributed by atoms with van der Waals surface area (Å²) in [6, 6.07) is 7.59. The number of nitrogens with zero attached hydrogens (tertiary/aromatic N) is 2. The molecule has 0 aromatic carbocycles. The van der Waals surface area contributed by atoms with Crippen LogP contribution in [0.2, 0.25) is 0 Å². The van der Waals surface area contributed by atoms with Gasteiger partial charge in [0.15, 0.2) is 10.9 Å². The second-order valence-electron chi connectivity index (χ2n) is 6.23. The number of rotatable bonds is 4. The fourth-order valence-electron chi connectivity index (χ4n) is 3.23. The van der Waals surface area contributed by atoms with Crippen LogP contribution in [-0.2, 0) is 4.79 Å². The third-order valence-corrected chi connectivity index (χ3v) is 5.55. The number of carbonyl (C=O) groups excluding carboxylic acids is 1. The molecule has 1 amide bonds. The summed E-state index contributed by atoms with van der Waals surface area (Å²) in [4.78, 5) is 22.2. The first-order valence-corrected chi connectivity index (χ1v) is 9.39. The Morgan fingerprint density at radius 1 is 1.16 bits per heavy atom. The van der Waals surface area contributed by atoms with Crippen molar-refractivity contribution in [1.29, 1.82) is 0 Å². The number of pyridine rings is 1. The zero-order chi connectivity index (χ0) is 17.1. The van der Waals surface area contributed by atoms with Gasteiger partial charge in [-0.3, -0.25) is 9.78 Å². The fraction of sp³-hybridized carbons (Fsp3) is 0.316. The summed E-state index contributed by atoms with van der Waals surface area (Å²) in [5.41, 5.74) is 1.76. The Kier molecular flexibility index (Phi) is 4.61. The van der Waals surface area contributed by atoms with E-state index in [1.54, 1.807) is 18.7 Å². The van der Waals surface area contributed by atoms with Gasteiger partial charge < -0.3 is 9.73 Å². The Balaban J connectivity index is 1.64. The molecule has 0 atom stereocenters. The molecule has 3 heterocycles. The van der Waals surface area contributed by atoms with E-state index in [0.717, 1.165) is 41.8 Å². The van der Waals surface area contributed by atoms with E-state index < -0.39 is 0 Å². The van der Waals surface area contributed by atoms with Gasteiger partial charge in [0.2, 0.25) is 5.91 Å². The molecule has 3 aromatic rings. The average molecular weight is 353 g/mol. The maximum absolute atomic E-state index is 12.5. The molecule has 0 radical (unpaired) electrons. The molecule has 3 aromatic heterocycles. The molecule has 1 saturated carbocycles. The molecule has 1 N–H and O–H groups in total. The number of aromatic nitrogens is 2. The quantitative estimate of drug-likeness (QED) is 0.718.